The average Bonchev–Trinajstić information content (AvgIpc) is 2.88. The average molecular weight is 164 g/mol. The Morgan fingerprint density at radius 1 is 1.50 bits per heavy atom. The van der Waals surface area contributed by atoms with Crippen molar-refractivity contribution < 1.29 is 0 Å². The Bertz CT molecular complexity index is 270. The minimum Gasteiger partial charge on any atom is -0.306 e. The van der Waals surface area contributed by atoms with Crippen molar-refractivity contribution in [3.8, 4) is 0 Å². The molecule has 4 heteroatoms. The molecule has 0 bridgehead atoms. The maximum Gasteiger partial charge on any atom is 0.143 e. The van der Waals surface area contributed by atoms with Crippen LogP contribution in [0.25, 0.3) is 0 Å². The topological polar surface area (TPSA) is 49.8 Å². The van der Waals surface area contributed by atoms with E-state index in [2.05, 4.69) is 20.8 Å². The number of anilines is 1. The second-order valence-electron chi connectivity index (χ2n) is 2.95. The molecule has 2 N–H and O–H groups in total. The SMILES string of the molecule is CNNc1ccnc(C2CC2)n1. The molecule has 1 aliphatic rings. The summed E-state index contributed by atoms with van der Waals surface area (Å²) in [6.45, 7) is 0. The second kappa shape index (κ2) is 3.06. The van der Waals surface area contributed by atoms with Crippen molar-refractivity contribution in [1.82, 2.24) is 15.4 Å². The summed E-state index contributed by atoms with van der Waals surface area (Å²) in [4.78, 5) is 8.54. The summed E-state index contributed by atoms with van der Waals surface area (Å²) in [5.74, 6) is 2.42. The van der Waals surface area contributed by atoms with Gasteiger partial charge in [-0.3, -0.25) is 0 Å². The van der Waals surface area contributed by atoms with Crippen LogP contribution < -0.4 is 10.9 Å². The molecule has 0 spiro atoms. The molecule has 0 aromatic carbocycles. The fourth-order valence-corrected chi connectivity index (χ4v) is 1.11. The first-order valence-electron chi connectivity index (χ1n) is 4.16. The molecule has 1 heterocycles. The van der Waals surface area contributed by atoms with E-state index in [1.807, 2.05) is 13.1 Å². The highest BCUT2D eigenvalue weighted by Gasteiger charge is 2.26. The smallest absolute Gasteiger partial charge is 0.143 e. The number of hydrazine groups is 1. The van der Waals surface area contributed by atoms with Gasteiger partial charge in [0.05, 0.1) is 0 Å². The van der Waals surface area contributed by atoms with Crippen LogP contribution in [0.4, 0.5) is 5.82 Å². The van der Waals surface area contributed by atoms with Gasteiger partial charge >= 0.3 is 0 Å². The lowest BCUT2D eigenvalue weighted by molar-refractivity contribution is 0.897. The van der Waals surface area contributed by atoms with Crippen LogP contribution in [0.2, 0.25) is 0 Å². The van der Waals surface area contributed by atoms with Crippen LogP contribution in [0.5, 0.6) is 0 Å². The van der Waals surface area contributed by atoms with Crippen LogP contribution in [0.1, 0.15) is 24.6 Å². The van der Waals surface area contributed by atoms with Gasteiger partial charge in [0.15, 0.2) is 0 Å². The molecule has 0 unspecified atom stereocenters. The predicted molar refractivity (Wildman–Crippen MR) is 46.7 cm³/mol. The van der Waals surface area contributed by atoms with Crippen molar-refractivity contribution in [1.29, 1.82) is 0 Å². The third kappa shape index (κ3) is 1.53. The summed E-state index contributed by atoms with van der Waals surface area (Å²) < 4.78 is 0. The normalized spacial score (nSPS) is 16.1. The maximum atomic E-state index is 4.34. The first-order chi connectivity index (χ1) is 5.90. The van der Waals surface area contributed by atoms with E-state index in [4.69, 9.17) is 0 Å². The molecule has 12 heavy (non-hydrogen) atoms. The third-order valence-corrected chi connectivity index (χ3v) is 1.87. The molecule has 2 rings (SSSR count). The Morgan fingerprint density at radius 3 is 3.00 bits per heavy atom. The summed E-state index contributed by atoms with van der Waals surface area (Å²) in [5.41, 5.74) is 5.76. The molecule has 1 fully saturated rings. The first-order valence-corrected chi connectivity index (χ1v) is 4.16. The van der Waals surface area contributed by atoms with E-state index in [0.29, 0.717) is 5.92 Å². The van der Waals surface area contributed by atoms with Crippen LogP contribution in [-0.4, -0.2) is 17.0 Å². The quantitative estimate of drug-likeness (QED) is 0.652. The molecule has 0 radical (unpaired) electrons. The van der Waals surface area contributed by atoms with E-state index in [0.717, 1.165) is 11.6 Å². The zero-order chi connectivity index (χ0) is 8.39. The van der Waals surface area contributed by atoms with Gasteiger partial charge in [0.25, 0.3) is 0 Å². The molecule has 0 saturated heterocycles. The minimum absolute atomic E-state index is 0.614. The second-order valence-corrected chi connectivity index (χ2v) is 2.95. The highest BCUT2D eigenvalue weighted by molar-refractivity contribution is 5.32. The number of nitrogens with zero attached hydrogens (tertiary/aromatic N) is 2. The van der Waals surface area contributed by atoms with Gasteiger partial charge in [0, 0.05) is 25.2 Å². The number of hydrogen-bond donors (Lipinski definition) is 2. The van der Waals surface area contributed by atoms with Crippen molar-refractivity contribution in [2.75, 3.05) is 12.5 Å². The monoisotopic (exact) mass is 164 g/mol. The van der Waals surface area contributed by atoms with Crippen LogP contribution in [0, 0.1) is 0 Å². The third-order valence-electron chi connectivity index (χ3n) is 1.87. The van der Waals surface area contributed by atoms with E-state index >= 15 is 0 Å². The molecular formula is C8H12N4. The lowest BCUT2D eigenvalue weighted by atomic mass is 10.4. The summed E-state index contributed by atoms with van der Waals surface area (Å²) in [6.07, 6.45) is 4.27. The van der Waals surface area contributed by atoms with E-state index in [1.54, 1.807) is 6.20 Å². The predicted octanol–water partition coefficient (Wildman–Crippen LogP) is 0.900. The van der Waals surface area contributed by atoms with Gasteiger partial charge in [-0.1, -0.05) is 0 Å². The van der Waals surface area contributed by atoms with Crippen LogP contribution in [0.15, 0.2) is 12.3 Å². The summed E-state index contributed by atoms with van der Waals surface area (Å²) >= 11 is 0. The highest BCUT2D eigenvalue weighted by atomic mass is 15.4. The van der Waals surface area contributed by atoms with Crippen LogP contribution in [-0.2, 0) is 0 Å². The molecule has 4 nitrogen and oxygen atoms in total. The van der Waals surface area contributed by atoms with E-state index < -0.39 is 0 Å². The van der Waals surface area contributed by atoms with Crippen LogP contribution >= 0.6 is 0 Å². The number of aromatic nitrogens is 2. The van der Waals surface area contributed by atoms with Gasteiger partial charge in [-0.05, 0) is 12.8 Å². The lowest BCUT2D eigenvalue weighted by Gasteiger charge is -2.03. The highest BCUT2D eigenvalue weighted by Crippen LogP contribution is 2.37. The lowest BCUT2D eigenvalue weighted by Crippen LogP contribution is -2.16. The molecule has 1 aliphatic carbocycles. The standard InChI is InChI=1S/C8H12N4/c1-9-12-7-4-5-10-8(11-7)6-2-3-6/h4-6,9H,2-3H2,1H3,(H,10,11,12). The van der Waals surface area contributed by atoms with E-state index in [-0.39, 0.29) is 0 Å². The number of nitrogens with one attached hydrogen (secondary N) is 2. The molecule has 1 aromatic heterocycles. The van der Waals surface area contributed by atoms with Gasteiger partial charge in [0.1, 0.15) is 11.6 Å². The van der Waals surface area contributed by atoms with Gasteiger partial charge < -0.3 is 5.43 Å². The van der Waals surface area contributed by atoms with E-state index in [1.165, 1.54) is 12.8 Å². The Kier molecular flexibility index (Phi) is 1.91. The summed E-state index contributed by atoms with van der Waals surface area (Å²) in [6, 6.07) is 1.85. The van der Waals surface area contributed by atoms with E-state index in [9.17, 15) is 0 Å². The van der Waals surface area contributed by atoms with Crippen molar-refractivity contribution in [3.05, 3.63) is 18.1 Å². The first kappa shape index (κ1) is 7.49. The summed E-state index contributed by atoms with van der Waals surface area (Å²) in [5, 5.41) is 0. The molecule has 0 atom stereocenters. The maximum absolute atomic E-state index is 4.34. The Morgan fingerprint density at radius 2 is 2.33 bits per heavy atom. The molecule has 0 aliphatic heterocycles. The van der Waals surface area contributed by atoms with Gasteiger partial charge in [0.2, 0.25) is 0 Å². The summed E-state index contributed by atoms with van der Waals surface area (Å²) in [7, 11) is 1.82. The van der Waals surface area contributed by atoms with Crippen molar-refractivity contribution in [2.45, 2.75) is 18.8 Å². The fraction of sp³-hybridized carbons (Fsp3) is 0.500. The Hall–Kier alpha value is -1.16. The molecule has 0 amide bonds. The van der Waals surface area contributed by atoms with Crippen LogP contribution in [0.3, 0.4) is 0 Å². The molecule has 64 valence electrons. The van der Waals surface area contributed by atoms with Crippen molar-refractivity contribution in [2.24, 2.45) is 0 Å². The van der Waals surface area contributed by atoms with Gasteiger partial charge in [-0.2, -0.15) is 0 Å². The zero-order valence-electron chi connectivity index (χ0n) is 7.04. The van der Waals surface area contributed by atoms with Crippen molar-refractivity contribution >= 4 is 5.82 Å². The largest absolute Gasteiger partial charge is 0.306 e. The number of rotatable bonds is 3. The minimum atomic E-state index is 0.614. The number of hydrogen-bond acceptors (Lipinski definition) is 4. The Balaban J connectivity index is 2.15. The Labute approximate surface area is 71.4 Å². The fourth-order valence-electron chi connectivity index (χ4n) is 1.11. The molecule has 1 aromatic rings. The van der Waals surface area contributed by atoms with Gasteiger partial charge in [-0.25, -0.2) is 15.4 Å². The van der Waals surface area contributed by atoms with Gasteiger partial charge in [-0.15, -0.1) is 0 Å². The molecular weight excluding hydrogens is 152 g/mol. The molecule has 1 saturated carbocycles. The van der Waals surface area contributed by atoms with Crippen molar-refractivity contribution in [3.63, 3.8) is 0 Å². The zero-order valence-corrected chi connectivity index (χ0v) is 7.04.